The van der Waals surface area contributed by atoms with E-state index < -0.39 is 0 Å². The maximum absolute atomic E-state index is 4.22. The molecule has 15 heavy (non-hydrogen) atoms. The van der Waals surface area contributed by atoms with Crippen molar-refractivity contribution in [3.63, 3.8) is 0 Å². The summed E-state index contributed by atoms with van der Waals surface area (Å²) in [5, 5.41) is 8.41. The van der Waals surface area contributed by atoms with Crippen molar-refractivity contribution in [1.29, 1.82) is 0 Å². The molecule has 0 spiro atoms. The molecular weight excluding hydrogens is 184 g/mol. The van der Waals surface area contributed by atoms with Gasteiger partial charge in [0.1, 0.15) is 0 Å². The molecule has 2 heteroatoms. The Balaban J connectivity index is 2.24. The Kier molecular flexibility index (Phi) is 3.08. The normalized spacial score (nSPS) is 10.2. The van der Waals surface area contributed by atoms with Gasteiger partial charge in [0.2, 0.25) is 0 Å². The van der Waals surface area contributed by atoms with Crippen LogP contribution in [0.1, 0.15) is 19.0 Å². The number of nitrogens with zero attached hydrogens (tertiary/aromatic N) is 2. The van der Waals surface area contributed by atoms with Gasteiger partial charge in [-0.05, 0) is 18.6 Å². The van der Waals surface area contributed by atoms with Crippen molar-refractivity contribution in [3.05, 3.63) is 48.2 Å². The molecule has 1 aromatic heterocycles. The first-order valence-electron chi connectivity index (χ1n) is 5.28. The molecule has 0 radical (unpaired) electrons. The predicted molar refractivity (Wildman–Crippen MR) is 61.5 cm³/mol. The number of rotatable bonds is 3. The Morgan fingerprint density at radius 3 is 2.33 bits per heavy atom. The zero-order chi connectivity index (χ0) is 10.5. The molecule has 2 rings (SSSR count). The van der Waals surface area contributed by atoms with Crippen molar-refractivity contribution < 1.29 is 0 Å². The molecular formula is C13H14N2. The second-order valence-corrected chi connectivity index (χ2v) is 3.53. The molecule has 0 aliphatic carbocycles. The van der Waals surface area contributed by atoms with E-state index in [1.807, 2.05) is 36.4 Å². The molecule has 0 aliphatic rings. The Hall–Kier alpha value is -1.70. The molecule has 1 aromatic carbocycles. The van der Waals surface area contributed by atoms with Crippen LogP contribution in [0.2, 0.25) is 0 Å². The van der Waals surface area contributed by atoms with Crippen LogP contribution < -0.4 is 0 Å². The minimum absolute atomic E-state index is 0.940. The molecule has 0 saturated carbocycles. The van der Waals surface area contributed by atoms with E-state index >= 15 is 0 Å². The molecule has 0 saturated heterocycles. The fourth-order valence-electron chi connectivity index (χ4n) is 1.51. The zero-order valence-electron chi connectivity index (χ0n) is 8.85. The van der Waals surface area contributed by atoms with Gasteiger partial charge in [0, 0.05) is 5.56 Å². The Bertz CT molecular complexity index is 406. The molecule has 1 heterocycles. The minimum Gasteiger partial charge on any atom is -0.155 e. The van der Waals surface area contributed by atoms with Crippen LogP contribution in [0, 0.1) is 0 Å². The van der Waals surface area contributed by atoms with Gasteiger partial charge in [0.05, 0.1) is 11.4 Å². The first-order valence-corrected chi connectivity index (χ1v) is 5.28. The van der Waals surface area contributed by atoms with Crippen molar-refractivity contribution >= 4 is 0 Å². The minimum atomic E-state index is 0.940. The van der Waals surface area contributed by atoms with Gasteiger partial charge < -0.3 is 0 Å². The molecule has 0 aliphatic heterocycles. The van der Waals surface area contributed by atoms with Crippen molar-refractivity contribution in [1.82, 2.24) is 10.2 Å². The van der Waals surface area contributed by atoms with Crippen LogP contribution in [0.5, 0.6) is 0 Å². The summed E-state index contributed by atoms with van der Waals surface area (Å²) in [6, 6.07) is 14.2. The van der Waals surface area contributed by atoms with Crippen LogP contribution in [0.15, 0.2) is 42.5 Å². The molecule has 0 unspecified atom stereocenters. The molecule has 0 atom stereocenters. The first kappa shape index (κ1) is 9.84. The number of hydrogen-bond acceptors (Lipinski definition) is 2. The summed E-state index contributed by atoms with van der Waals surface area (Å²) < 4.78 is 0. The predicted octanol–water partition coefficient (Wildman–Crippen LogP) is 3.10. The maximum Gasteiger partial charge on any atom is 0.0929 e. The fraction of sp³-hybridized carbons (Fsp3) is 0.231. The largest absolute Gasteiger partial charge is 0.155 e. The standard InChI is InChI=1S/C13H14N2/c1-2-6-12-9-10-13(15-14-12)11-7-4-3-5-8-11/h3-5,7-10H,2,6H2,1H3. The molecule has 2 aromatic rings. The quantitative estimate of drug-likeness (QED) is 0.757. The Labute approximate surface area is 90.0 Å². The summed E-state index contributed by atoms with van der Waals surface area (Å²) in [5.74, 6) is 0. The fourth-order valence-corrected chi connectivity index (χ4v) is 1.51. The zero-order valence-corrected chi connectivity index (χ0v) is 8.85. The van der Waals surface area contributed by atoms with Gasteiger partial charge >= 0.3 is 0 Å². The maximum atomic E-state index is 4.22. The van der Waals surface area contributed by atoms with E-state index in [-0.39, 0.29) is 0 Å². The third kappa shape index (κ3) is 2.40. The van der Waals surface area contributed by atoms with Crippen LogP contribution in [0.25, 0.3) is 11.3 Å². The topological polar surface area (TPSA) is 25.8 Å². The lowest BCUT2D eigenvalue weighted by Crippen LogP contribution is -1.93. The van der Waals surface area contributed by atoms with E-state index in [0.29, 0.717) is 0 Å². The summed E-state index contributed by atoms with van der Waals surface area (Å²) in [4.78, 5) is 0. The monoisotopic (exact) mass is 198 g/mol. The van der Waals surface area contributed by atoms with Gasteiger partial charge in [0.25, 0.3) is 0 Å². The third-order valence-electron chi connectivity index (χ3n) is 2.30. The highest BCUT2D eigenvalue weighted by molar-refractivity contribution is 5.57. The van der Waals surface area contributed by atoms with Crippen molar-refractivity contribution in [3.8, 4) is 11.3 Å². The van der Waals surface area contributed by atoms with Crippen LogP contribution in [-0.4, -0.2) is 10.2 Å². The van der Waals surface area contributed by atoms with Crippen molar-refractivity contribution in [2.45, 2.75) is 19.8 Å². The summed E-state index contributed by atoms with van der Waals surface area (Å²) in [7, 11) is 0. The highest BCUT2D eigenvalue weighted by Crippen LogP contribution is 2.15. The molecule has 0 fully saturated rings. The van der Waals surface area contributed by atoms with Crippen LogP contribution in [0.4, 0.5) is 0 Å². The van der Waals surface area contributed by atoms with E-state index in [1.54, 1.807) is 0 Å². The number of benzene rings is 1. The Morgan fingerprint density at radius 2 is 1.73 bits per heavy atom. The van der Waals surface area contributed by atoms with E-state index in [4.69, 9.17) is 0 Å². The van der Waals surface area contributed by atoms with E-state index in [9.17, 15) is 0 Å². The highest BCUT2D eigenvalue weighted by atomic mass is 15.1. The highest BCUT2D eigenvalue weighted by Gasteiger charge is 1.99. The van der Waals surface area contributed by atoms with E-state index in [0.717, 1.165) is 29.8 Å². The van der Waals surface area contributed by atoms with Gasteiger partial charge in [-0.2, -0.15) is 10.2 Å². The van der Waals surface area contributed by atoms with Gasteiger partial charge in [-0.1, -0.05) is 43.7 Å². The van der Waals surface area contributed by atoms with Crippen LogP contribution in [0.3, 0.4) is 0 Å². The Morgan fingerprint density at radius 1 is 0.933 bits per heavy atom. The van der Waals surface area contributed by atoms with Gasteiger partial charge in [-0.25, -0.2) is 0 Å². The average molecular weight is 198 g/mol. The van der Waals surface area contributed by atoms with E-state index in [2.05, 4.69) is 23.2 Å². The lowest BCUT2D eigenvalue weighted by molar-refractivity contribution is 0.841. The molecule has 76 valence electrons. The number of aryl methyl sites for hydroxylation is 1. The average Bonchev–Trinajstić information content (AvgIpc) is 2.32. The van der Waals surface area contributed by atoms with Crippen molar-refractivity contribution in [2.75, 3.05) is 0 Å². The second-order valence-electron chi connectivity index (χ2n) is 3.53. The summed E-state index contributed by atoms with van der Waals surface area (Å²) in [6.45, 7) is 2.15. The smallest absolute Gasteiger partial charge is 0.0929 e. The molecule has 0 amide bonds. The molecule has 2 nitrogen and oxygen atoms in total. The SMILES string of the molecule is CCCc1ccc(-c2ccccc2)nn1. The second kappa shape index (κ2) is 4.69. The summed E-state index contributed by atoms with van der Waals surface area (Å²) >= 11 is 0. The lowest BCUT2D eigenvalue weighted by Gasteiger charge is -2.00. The number of aromatic nitrogens is 2. The number of hydrogen-bond donors (Lipinski definition) is 0. The van der Waals surface area contributed by atoms with E-state index in [1.165, 1.54) is 0 Å². The third-order valence-corrected chi connectivity index (χ3v) is 2.30. The van der Waals surface area contributed by atoms with Crippen molar-refractivity contribution in [2.24, 2.45) is 0 Å². The van der Waals surface area contributed by atoms with Crippen LogP contribution >= 0.6 is 0 Å². The molecule has 0 N–H and O–H groups in total. The molecule has 0 bridgehead atoms. The van der Waals surface area contributed by atoms with Gasteiger partial charge in [-0.15, -0.1) is 0 Å². The van der Waals surface area contributed by atoms with Gasteiger partial charge in [0.15, 0.2) is 0 Å². The first-order chi connectivity index (χ1) is 7.40. The summed E-state index contributed by atoms with van der Waals surface area (Å²) in [6.07, 6.45) is 2.11. The van der Waals surface area contributed by atoms with Crippen LogP contribution in [-0.2, 0) is 6.42 Å². The van der Waals surface area contributed by atoms with Gasteiger partial charge in [-0.3, -0.25) is 0 Å². The lowest BCUT2D eigenvalue weighted by atomic mass is 10.1. The summed E-state index contributed by atoms with van der Waals surface area (Å²) in [5.41, 5.74) is 3.13.